The zero-order valence-corrected chi connectivity index (χ0v) is 13.9. The lowest BCUT2D eigenvalue weighted by Gasteiger charge is -2.05. The highest BCUT2D eigenvalue weighted by Crippen LogP contribution is 2.26. The minimum absolute atomic E-state index is 0.272. The molecule has 116 valence electrons. The first kappa shape index (κ1) is 16.6. The third-order valence-electron chi connectivity index (χ3n) is 2.54. The van der Waals surface area contributed by atoms with E-state index < -0.39 is 0 Å². The highest BCUT2D eigenvalue weighted by atomic mass is 35.5. The van der Waals surface area contributed by atoms with Crippen molar-refractivity contribution < 1.29 is 9.15 Å². The highest BCUT2D eigenvalue weighted by Gasteiger charge is 2.04. The molecule has 0 atom stereocenters. The van der Waals surface area contributed by atoms with Crippen molar-refractivity contribution in [3.05, 3.63) is 51.9 Å². The third-order valence-corrected chi connectivity index (χ3v) is 3.57. The number of nitrogens with one attached hydrogen (secondary N) is 2. The van der Waals surface area contributed by atoms with Crippen LogP contribution in [0.2, 0.25) is 10.0 Å². The van der Waals surface area contributed by atoms with Gasteiger partial charge >= 0.3 is 0 Å². The molecule has 0 amide bonds. The van der Waals surface area contributed by atoms with E-state index in [2.05, 4.69) is 15.8 Å². The van der Waals surface area contributed by atoms with Gasteiger partial charge < -0.3 is 14.5 Å². The molecule has 2 N–H and O–H groups in total. The van der Waals surface area contributed by atoms with Gasteiger partial charge in [0.25, 0.3) is 0 Å². The van der Waals surface area contributed by atoms with Gasteiger partial charge in [0.2, 0.25) is 0 Å². The zero-order valence-electron chi connectivity index (χ0n) is 11.6. The summed E-state index contributed by atoms with van der Waals surface area (Å²) in [6.07, 6.45) is 1.52. The standard InChI is InChI=1S/C14H13Cl2N3O2S/c1-17-14(22)19-18-7-10-2-3-11(21-10)8-20-9-4-5-12(15)13(16)6-9/h2-7H,8H2,1H3,(H2,17,19,22)/b18-7+. The van der Waals surface area contributed by atoms with Crippen molar-refractivity contribution in [2.45, 2.75) is 6.61 Å². The van der Waals surface area contributed by atoms with Gasteiger partial charge in [-0.3, -0.25) is 5.43 Å². The molecule has 0 aliphatic carbocycles. The van der Waals surface area contributed by atoms with Crippen LogP contribution >= 0.6 is 35.4 Å². The quantitative estimate of drug-likeness (QED) is 0.486. The minimum atomic E-state index is 0.272. The predicted molar refractivity (Wildman–Crippen MR) is 91.9 cm³/mol. The van der Waals surface area contributed by atoms with Crippen LogP contribution in [-0.4, -0.2) is 18.4 Å². The molecule has 2 rings (SSSR count). The lowest BCUT2D eigenvalue weighted by molar-refractivity contribution is 0.270. The molecular formula is C14H13Cl2N3O2S. The molecule has 22 heavy (non-hydrogen) atoms. The Kier molecular flexibility index (Phi) is 6.06. The van der Waals surface area contributed by atoms with Crippen LogP contribution in [0, 0.1) is 0 Å². The SMILES string of the molecule is CNC(=S)N/N=C/c1ccc(COc2ccc(Cl)c(Cl)c2)o1. The molecule has 0 saturated carbocycles. The monoisotopic (exact) mass is 357 g/mol. The second-order valence-electron chi connectivity index (χ2n) is 4.12. The van der Waals surface area contributed by atoms with Gasteiger partial charge in [0.05, 0.1) is 16.3 Å². The Hall–Kier alpha value is -1.76. The van der Waals surface area contributed by atoms with Gasteiger partial charge in [0.15, 0.2) is 5.11 Å². The van der Waals surface area contributed by atoms with E-state index in [1.807, 2.05) is 0 Å². The molecule has 0 spiro atoms. The first-order valence-corrected chi connectivity index (χ1v) is 7.42. The molecule has 1 aromatic heterocycles. The second-order valence-corrected chi connectivity index (χ2v) is 5.34. The van der Waals surface area contributed by atoms with E-state index >= 15 is 0 Å². The number of ether oxygens (including phenoxy) is 1. The summed E-state index contributed by atoms with van der Waals surface area (Å²) in [6.45, 7) is 0.272. The molecular weight excluding hydrogens is 345 g/mol. The Morgan fingerprint density at radius 1 is 1.32 bits per heavy atom. The van der Waals surface area contributed by atoms with E-state index in [4.69, 9.17) is 44.6 Å². The van der Waals surface area contributed by atoms with Crippen molar-refractivity contribution in [3.8, 4) is 5.75 Å². The Labute approximate surface area is 143 Å². The summed E-state index contributed by atoms with van der Waals surface area (Å²) in [5, 5.41) is 8.01. The van der Waals surface area contributed by atoms with Crippen molar-refractivity contribution in [2.75, 3.05) is 7.05 Å². The molecule has 0 bridgehead atoms. The average molecular weight is 358 g/mol. The fourth-order valence-corrected chi connectivity index (χ4v) is 1.81. The topological polar surface area (TPSA) is 58.8 Å². The number of hydrazone groups is 1. The molecule has 1 heterocycles. The number of benzene rings is 1. The third kappa shape index (κ3) is 4.91. The van der Waals surface area contributed by atoms with Gasteiger partial charge in [-0.2, -0.15) is 5.10 Å². The van der Waals surface area contributed by atoms with Gasteiger partial charge in [0.1, 0.15) is 23.9 Å². The predicted octanol–water partition coefficient (Wildman–Crippen LogP) is 3.59. The maximum absolute atomic E-state index is 5.92. The smallest absolute Gasteiger partial charge is 0.186 e. The Morgan fingerprint density at radius 3 is 2.86 bits per heavy atom. The first-order chi connectivity index (χ1) is 10.6. The van der Waals surface area contributed by atoms with E-state index in [1.54, 1.807) is 37.4 Å². The Morgan fingerprint density at radius 2 is 2.14 bits per heavy atom. The zero-order chi connectivity index (χ0) is 15.9. The summed E-state index contributed by atoms with van der Waals surface area (Å²) < 4.78 is 11.1. The number of halogens is 2. The van der Waals surface area contributed by atoms with Crippen LogP contribution < -0.4 is 15.5 Å². The first-order valence-electron chi connectivity index (χ1n) is 6.26. The van der Waals surface area contributed by atoms with E-state index in [1.165, 1.54) is 6.21 Å². The van der Waals surface area contributed by atoms with E-state index in [0.29, 0.717) is 32.4 Å². The van der Waals surface area contributed by atoms with Gasteiger partial charge in [-0.25, -0.2) is 0 Å². The van der Waals surface area contributed by atoms with E-state index in [0.717, 1.165) is 0 Å². The number of hydrogen-bond donors (Lipinski definition) is 2. The number of rotatable bonds is 5. The number of furan rings is 1. The van der Waals surface area contributed by atoms with Crippen LogP contribution in [-0.2, 0) is 6.61 Å². The van der Waals surface area contributed by atoms with Crippen LogP contribution in [0.4, 0.5) is 0 Å². The molecule has 0 saturated heterocycles. The molecule has 5 nitrogen and oxygen atoms in total. The lowest BCUT2D eigenvalue weighted by Crippen LogP contribution is -2.28. The fourth-order valence-electron chi connectivity index (χ4n) is 1.47. The van der Waals surface area contributed by atoms with Gasteiger partial charge in [-0.15, -0.1) is 0 Å². The molecule has 0 aliphatic rings. The number of nitrogens with zero attached hydrogens (tertiary/aromatic N) is 1. The Balaban J connectivity index is 1.89. The van der Waals surface area contributed by atoms with Crippen LogP contribution in [0.15, 0.2) is 39.9 Å². The lowest BCUT2D eigenvalue weighted by atomic mass is 10.3. The summed E-state index contributed by atoms with van der Waals surface area (Å²) in [7, 11) is 1.70. The van der Waals surface area contributed by atoms with Gasteiger partial charge in [0, 0.05) is 13.1 Å². The normalized spacial score (nSPS) is 10.7. The van der Waals surface area contributed by atoms with Crippen LogP contribution in [0.1, 0.15) is 11.5 Å². The maximum Gasteiger partial charge on any atom is 0.186 e. The molecule has 0 fully saturated rings. The van der Waals surface area contributed by atoms with E-state index in [-0.39, 0.29) is 6.61 Å². The molecule has 0 unspecified atom stereocenters. The van der Waals surface area contributed by atoms with E-state index in [9.17, 15) is 0 Å². The molecule has 0 aliphatic heterocycles. The minimum Gasteiger partial charge on any atom is -0.486 e. The second kappa shape index (κ2) is 8.03. The largest absolute Gasteiger partial charge is 0.486 e. The number of thiocarbonyl (C=S) groups is 1. The van der Waals surface area contributed by atoms with Crippen LogP contribution in [0.3, 0.4) is 0 Å². The molecule has 2 aromatic rings. The van der Waals surface area contributed by atoms with Crippen molar-refractivity contribution in [1.82, 2.24) is 10.7 Å². The molecule has 0 radical (unpaired) electrons. The van der Waals surface area contributed by atoms with Crippen molar-refractivity contribution in [3.63, 3.8) is 0 Å². The van der Waals surface area contributed by atoms with Crippen molar-refractivity contribution >= 4 is 46.7 Å². The van der Waals surface area contributed by atoms with Gasteiger partial charge in [-0.1, -0.05) is 23.2 Å². The number of hydrogen-bond acceptors (Lipinski definition) is 4. The van der Waals surface area contributed by atoms with Crippen molar-refractivity contribution in [1.29, 1.82) is 0 Å². The summed E-state index contributed by atoms with van der Waals surface area (Å²) in [4.78, 5) is 0. The summed E-state index contributed by atoms with van der Waals surface area (Å²) in [5.41, 5.74) is 2.63. The summed E-state index contributed by atoms with van der Waals surface area (Å²) >= 11 is 16.6. The van der Waals surface area contributed by atoms with Crippen LogP contribution in [0.25, 0.3) is 0 Å². The summed E-state index contributed by atoms with van der Waals surface area (Å²) in [5.74, 6) is 1.85. The molecule has 1 aromatic carbocycles. The van der Waals surface area contributed by atoms with Crippen LogP contribution in [0.5, 0.6) is 5.75 Å². The maximum atomic E-state index is 5.92. The fraction of sp³-hybridized carbons (Fsp3) is 0.143. The average Bonchev–Trinajstić information content (AvgIpc) is 2.96. The Bertz CT molecular complexity index is 688. The summed E-state index contributed by atoms with van der Waals surface area (Å²) in [6, 6.07) is 8.64. The van der Waals surface area contributed by atoms with Crippen molar-refractivity contribution in [2.24, 2.45) is 5.10 Å². The molecule has 8 heteroatoms. The highest BCUT2D eigenvalue weighted by molar-refractivity contribution is 7.80. The van der Waals surface area contributed by atoms with Gasteiger partial charge in [-0.05, 0) is 36.5 Å².